The van der Waals surface area contributed by atoms with E-state index < -0.39 is 0 Å². The van der Waals surface area contributed by atoms with Gasteiger partial charge in [0, 0.05) is 17.7 Å². The van der Waals surface area contributed by atoms with Crippen LogP contribution >= 0.6 is 12.2 Å². The van der Waals surface area contributed by atoms with Crippen molar-refractivity contribution in [1.82, 2.24) is 14.3 Å². The molecule has 1 unspecified atom stereocenters. The second kappa shape index (κ2) is 7.98. The summed E-state index contributed by atoms with van der Waals surface area (Å²) in [5, 5.41) is 4.82. The van der Waals surface area contributed by atoms with Crippen LogP contribution in [-0.2, 0) is 19.8 Å². The fraction of sp³-hybridized carbons (Fsp3) is 0.333. The number of nitrogens with one attached hydrogen (secondary N) is 1. The van der Waals surface area contributed by atoms with Crippen molar-refractivity contribution >= 4 is 12.2 Å². The van der Waals surface area contributed by atoms with Gasteiger partial charge in [-0.25, -0.2) is 0 Å². The molecule has 1 heterocycles. The largest absolute Gasteiger partial charge is 0.315 e. The zero-order chi connectivity index (χ0) is 18.7. The molecule has 1 N–H and O–H groups in total. The standard InChI is InChI=1S/C21H26N4S/c1-5-24-20(18-9-7-6-8-10-18)22-25(21(24)26)15-23(4)14-19-12-11-16(2)13-17(19)3/h6-13H,5,14-15H2,1-4H3/p+1. The van der Waals surface area contributed by atoms with Crippen LogP contribution in [0.5, 0.6) is 0 Å². The molecule has 3 rings (SSSR count). The van der Waals surface area contributed by atoms with E-state index in [9.17, 15) is 0 Å². The molecule has 0 fully saturated rings. The van der Waals surface area contributed by atoms with Crippen LogP contribution < -0.4 is 4.90 Å². The molecule has 26 heavy (non-hydrogen) atoms. The maximum absolute atomic E-state index is 5.69. The van der Waals surface area contributed by atoms with Crippen molar-refractivity contribution in [2.45, 2.75) is 40.5 Å². The predicted octanol–water partition coefficient (Wildman–Crippen LogP) is 3.39. The molecule has 0 aliphatic heterocycles. The molecule has 5 heteroatoms. The number of quaternary nitrogens is 1. The molecule has 0 bridgehead atoms. The summed E-state index contributed by atoms with van der Waals surface area (Å²) < 4.78 is 4.85. The average Bonchev–Trinajstić information content (AvgIpc) is 2.94. The lowest BCUT2D eigenvalue weighted by Crippen LogP contribution is -3.07. The van der Waals surface area contributed by atoms with Gasteiger partial charge in [-0.1, -0.05) is 54.1 Å². The van der Waals surface area contributed by atoms with Gasteiger partial charge < -0.3 is 9.47 Å². The quantitative estimate of drug-likeness (QED) is 0.676. The molecular formula is C21H27N4S+. The van der Waals surface area contributed by atoms with Crippen molar-refractivity contribution < 1.29 is 4.90 Å². The minimum atomic E-state index is 0.749. The highest BCUT2D eigenvalue weighted by Crippen LogP contribution is 2.17. The Morgan fingerprint density at radius 3 is 2.46 bits per heavy atom. The Kier molecular flexibility index (Phi) is 5.69. The van der Waals surface area contributed by atoms with Gasteiger partial charge >= 0.3 is 0 Å². The third-order valence-corrected chi connectivity index (χ3v) is 5.11. The Labute approximate surface area is 160 Å². The summed E-state index contributed by atoms with van der Waals surface area (Å²) in [6.45, 7) is 8.95. The fourth-order valence-electron chi connectivity index (χ4n) is 3.31. The van der Waals surface area contributed by atoms with Crippen LogP contribution in [-0.4, -0.2) is 21.4 Å². The second-order valence-electron chi connectivity index (χ2n) is 6.94. The van der Waals surface area contributed by atoms with E-state index in [2.05, 4.69) is 62.7 Å². The Hall–Kier alpha value is -2.24. The summed E-state index contributed by atoms with van der Waals surface area (Å²) in [6.07, 6.45) is 0. The molecular weight excluding hydrogens is 340 g/mol. The number of nitrogens with zero attached hydrogens (tertiary/aromatic N) is 3. The van der Waals surface area contributed by atoms with Crippen LogP contribution in [0.1, 0.15) is 23.6 Å². The third kappa shape index (κ3) is 3.94. The van der Waals surface area contributed by atoms with E-state index in [4.69, 9.17) is 17.3 Å². The van der Waals surface area contributed by atoms with Crippen LogP contribution in [0.2, 0.25) is 0 Å². The van der Waals surface area contributed by atoms with Gasteiger partial charge in [0.1, 0.15) is 6.54 Å². The van der Waals surface area contributed by atoms with Crippen LogP contribution in [0.15, 0.2) is 48.5 Å². The van der Waals surface area contributed by atoms with E-state index in [0.29, 0.717) is 0 Å². The lowest BCUT2D eigenvalue weighted by molar-refractivity contribution is -0.917. The summed E-state index contributed by atoms with van der Waals surface area (Å²) in [5.41, 5.74) is 5.13. The highest BCUT2D eigenvalue weighted by atomic mass is 32.1. The molecule has 1 atom stereocenters. The molecule has 0 spiro atoms. The van der Waals surface area contributed by atoms with Crippen LogP contribution in [0, 0.1) is 18.6 Å². The Morgan fingerprint density at radius 2 is 1.81 bits per heavy atom. The van der Waals surface area contributed by atoms with E-state index in [0.717, 1.165) is 35.9 Å². The summed E-state index contributed by atoms with van der Waals surface area (Å²) in [7, 11) is 2.19. The van der Waals surface area contributed by atoms with E-state index in [-0.39, 0.29) is 0 Å². The Bertz CT molecular complexity index is 940. The highest BCUT2D eigenvalue weighted by molar-refractivity contribution is 7.71. The average molecular weight is 368 g/mol. The van der Waals surface area contributed by atoms with Crippen molar-refractivity contribution in [2.75, 3.05) is 7.05 Å². The minimum absolute atomic E-state index is 0.749. The maximum Gasteiger partial charge on any atom is 0.203 e. The number of benzene rings is 2. The Balaban J connectivity index is 1.83. The first-order valence-corrected chi connectivity index (χ1v) is 9.51. The summed E-state index contributed by atoms with van der Waals surface area (Å²) in [4.78, 5) is 1.36. The third-order valence-electron chi connectivity index (χ3n) is 4.68. The second-order valence-corrected chi connectivity index (χ2v) is 7.30. The summed E-state index contributed by atoms with van der Waals surface area (Å²) in [6, 6.07) is 16.9. The number of hydrogen-bond acceptors (Lipinski definition) is 2. The van der Waals surface area contributed by atoms with Gasteiger partial charge in [0.15, 0.2) is 12.5 Å². The van der Waals surface area contributed by atoms with E-state index in [1.807, 2.05) is 22.9 Å². The van der Waals surface area contributed by atoms with E-state index >= 15 is 0 Å². The fourth-order valence-corrected chi connectivity index (χ4v) is 3.63. The first-order valence-electron chi connectivity index (χ1n) is 9.10. The summed E-state index contributed by atoms with van der Waals surface area (Å²) >= 11 is 5.69. The lowest BCUT2D eigenvalue weighted by Gasteiger charge is -2.15. The normalized spacial score (nSPS) is 12.3. The molecule has 0 radical (unpaired) electrons. The lowest BCUT2D eigenvalue weighted by atomic mass is 10.1. The molecule has 0 amide bonds. The molecule has 1 aromatic heterocycles. The van der Waals surface area contributed by atoms with Gasteiger partial charge in [-0.15, -0.1) is 5.10 Å². The van der Waals surface area contributed by atoms with Gasteiger partial charge in [0.25, 0.3) is 0 Å². The zero-order valence-electron chi connectivity index (χ0n) is 16.0. The van der Waals surface area contributed by atoms with Gasteiger partial charge in [-0.3, -0.25) is 0 Å². The predicted molar refractivity (Wildman–Crippen MR) is 109 cm³/mol. The molecule has 3 aromatic rings. The molecule has 4 nitrogen and oxygen atoms in total. The van der Waals surface area contributed by atoms with E-state index in [1.165, 1.54) is 21.6 Å². The SMILES string of the molecule is CCn1c(-c2ccccc2)nn(C[NH+](C)Cc2ccc(C)cc2C)c1=S. The topological polar surface area (TPSA) is 27.2 Å². The first-order chi connectivity index (χ1) is 12.5. The molecule has 0 saturated carbocycles. The van der Waals surface area contributed by atoms with E-state index in [1.54, 1.807) is 0 Å². The zero-order valence-corrected chi connectivity index (χ0v) is 16.8. The van der Waals surface area contributed by atoms with Gasteiger partial charge in [-0.05, 0) is 38.6 Å². The first kappa shape index (κ1) is 18.5. The monoisotopic (exact) mass is 367 g/mol. The highest BCUT2D eigenvalue weighted by Gasteiger charge is 2.14. The number of aryl methyl sites for hydroxylation is 2. The van der Waals surface area contributed by atoms with Crippen molar-refractivity contribution in [3.05, 3.63) is 70.0 Å². The number of rotatable bonds is 6. The molecule has 0 saturated heterocycles. The molecule has 2 aromatic carbocycles. The smallest absolute Gasteiger partial charge is 0.203 e. The number of aromatic nitrogens is 3. The molecule has 0 aliphatic carbocycles. The van der Waals surface area contributed by atoms with Gasteiger partial charge in [-0.2, -0.15) is 4.68 Å². The molecule has 0 aliphatic rings. The maximum atomic E-state index is 5.69. The van der Waals surface area contributed by atoms with Gasteiger partial charge in [0.2, 0.25) is 4.77 Å². The van der Waals surface area contributed by atoms with Crippen molar-refractivity contribution in [3.63, 3.8) is 0 Å². The minimum Gasteiger partial charge on any atom is -0.315 e. The summed E-state index contributed by atoms with van der Waals surface area (Å²) in [5.74, 6) is 0.942. The number of hydrogen-bond donors (Lipinski definition) is 1. The Morgan fingerprint density at radius 1 is 1.08 bits per heavy atom. The van der Waals surface area contributed by atoms with Crippen molar-refractivity contribution in [3.8, 4) is 11.4 Å². The van der Waals surface area contributed by atoms with Crippen LogP contribution in [0.25, 0.3) is 11.4 Å². The van der Waals surface area contributed by atoms with Crippen molar-refractivity contribution in [1.29, 1.82) is 0 Å². The van der Waals surface area contributed by atoms with Crippen molar-refractivity contribution in [2.24, 2.45) is 0 Å². The van der Waals surface area contributed by atoms with Gasteiger partial charge in [0.05, 0.1) is 7.05 Å². The van der Waals surface area contributed by atoms with Crippen LogP contribution in [0.3, 0.4) is 0 Å². The molecule has 136 valence electrons. The van der Waals surface area contributed by atoms with Crippen LogP contribution in [0.4, 0.5) is 0 Å².